The molecule has 0 saturated carbocycles. The van der Waals surface area contributed by atoms with Crippen LogP contribution in [0.25, 0.3) is 0 Å². The standard InChI is InChI=1S/C25H25NO/c1-18(21-5-3-2-4-6-21)26-17-24-22-13-11-19-7-9-20(10-8-19)12-14-23(16-15-22)25(24)27/h2-10,15-18,27H,11-14H2,1H3/t18-/m0/s1. The van der Waals surface area contributed by atoms with Gasteiger partial charge < -0.3 is 5.11 Å². The van der Waals surface area contributed by atoms with Gasteiger partial charge in [0, 0.05) is 11.8 Å². The molecule has 0 radical (unpaired) electrons. The largest absolute Gasteiger partial charge is 0.507 e. The van der Waals surface area contributed by atoms with Crippen LogP contribution in [0, 0.1) is 0 Å². The Kier molecular flexibility index (Phi) is 5.06. The number of rotatable bonds is 3. The SMILES string of the molecule is C[C@H](N=Cc1c2ccc(c1O)CCc1ccc(cc1)CC2)c1ccccc1. The molecular formula is C25H25NO. The molecule has 2 nitrogen and oxygen atoms in total. The number of hydrogen-bond acceptors (Lipinski definition) is 2. The summed E-state index contributed by atoms with van der Waals surface area (Å²) in [5, 5.41) is 10.9. The van der Waals surface area contributed by atoms with Crippen LogP contribution in [0.2, 0.25) is 0 Å². The van der Waals surface area contributed by atoms with Gasteiger partial charge >= 0.3 is 0 Å². The van der Waals surface area contributed by atoms with E-state index in [1.54, 1.807) is 0 Å². The topological polar surface area (TPSA) is 32.6 Å². The monoisotopic (exact) mass is 355 g/mol. The molecule has 0 spiro atoms. The zero-order valence-electron chi connectivity index (χ0n) is 15.7. The third kappa shape index (κ3) is 3.95. The maximum atomic E-state index is 10.9. The Morgan fingerprint density at radius 3 is 2.04 bits per heavy atom. The van der Waals surface area contributed by atoms with Crippen molar-refractivity contribution in [3.8, 4) is 5.75 Å². The zero-order chi connectivity index (χ0) is 18.6. The molecule has 0 amide bonds. The van der Waals surface area contributed by atoms with Crippen LogP contribution >= 0.6 is 0 Å². The summed E-state index contributed by atoms with van der Waals surface area (Å²) in [5.41, 5.74) is 6.87. The predicted molar refractivity (Wildman–Crippen MR) is 112 cm³/mol. The van der Waals surface area contributed by atoms with E-state index >= 15 is 0 Å². The first-order valence-electron chi connectivity index (χ1n) is 9.70. The molecule has 0 saturated heterocycles. The number of aliphatic imine (C=N–C) groups is 1. The average Bonchev–Trinajstić information content (AvgIpc) is 2.70. The summed E-state index contributed by atoms with van der Waals surface area (Å²) >= 11 is 0. The molecule has 0 heterocycles. The van der Waals surface area contributed by atoms with Crippen LogP contribution in [0.15, 0.2) is 71.7 Å². The summed E-state index contributed by atoms with van der Waals surface area (Å²) < 4.78 is 0. The molecule has 4 aliphatic rings. The van der Waals surface area contributed by atoms with Crippen molar-refractivity contribution in [1.29, 1.82) is 0 Å². The summed E-state index contributed by atoms with van der Waals surface area (Å²) in [5.74, 6) is 0.395. The highest BCUT2D eigenvalue weighted by Crippen LogP contribution is 2.29. The van der Waals surface area contributed by atoms with Crippen molar-refractivity contribution in [1.82, 2.24) is 0 Å². The molecule has 0 unspecified atom stereocenters. The minimum atomic E-state index is 0.0628. The van der Waals surface area contributed by atoms with E-state index in [2.05, 4.69) is 55.5 Å². The van der Waals surface area contributed by atoms with Gasteiger partial charge in [-0.2, -0.15) is 0 Å². The first kappa shape index (κ1) is 17.5. The third-order valence-corrected chi connectivity index (χ3v) is 5.49. The van der Waals surface area contributed by atoms with Gasteiger partial charge in [-0.25, -0.2) is 0 Å². The van der Waals surface area contributed by atoms with Gasteiger partial charge in [-0.1, -0.05) is 66.7 Å². The highest BCUT2D eigenvalue weighted by Gasteiger charge is 2.13. The second kappa shape index (κ2) is 7.79. The summed E-state index contributed by atoms with van der Waals surface area (Å²) in [6.45, 7) is 2.09. The first-order chi connectivity index (χ1) is 13.2. The number of phenols is 1. The van der Waals surface area contributed by atoms with Crippen molar-refractivity contribution in [2.75, 3.05) is 0 Å². The van der Waals surface area contributed by atoms with E-state index in [-0.39, 0.29) is 6.04 Å². The summed E-state index contributed by atoms with van der Waals surface area (Å²) in [6, 6.07) is 23.5. The van der Waals surface area contributed by atoms with E-state index in [0.717, 1.165) is 42.4 Å². The molecule has 7 rings (SSSR count). The number of phenolic OH excluding ortho intramolecular Hbond substituents is 1. The second-order valence-corrected chi connectivity index (χ2v) is 7.33. The normalized spacial score (nSPS) is 14.9. The van der Waals surface area contributed by atoms with Gasteiger partial charge in [0.15, 0.2) is 0 Å². The molecule has 0 fully saturated rings. The average molecular weight is 355 g/mol. The maximum absolute atomic E-state index is 10.9. The second-order valence-electron chi connectivity index (χ2n) is 7.33. The van der Waals surface area contributed by atoms with E-state index in [0.29, 0.717) is 5.75 Å². The van der Waals surface area contributed by atoms with E-state index in [9.17, 15) is 5.11 Å². The smallest absolute Gasteiger partial charge is 0.127 e. The fourth-order valence-corrected chi connectivity index (χ4v) is 3.69. The van der Waals surface area contributed by atoms with Gasteiger partial charge in [-0.05, 0) is 60.4 Å². The van der Waals surface area contributed by atoms with E-state index in [1.807, 2.05) is 24.4 Å². The molecule has 1 N–H and O–H groups in total. The number of hydrogen-bond donors (Lipinski definition) is 1. The van der Waals surface area contributed by atoms with Crippen LogP contribution < -0.4 is 0 Å². The molecule has 136 valence electrons. The van der Waals surface area contributed by atoms with E-state index in [4.69, 9.17) is 4.99 Å². The molecule has 1 atom stereocenters. The van der Waals surface area contributed by atoms with E-state index < -0.39 is 0 Å². The highest BCUT2D eigenvalue weighted by molar-refractivity contribution is 5.86. The third-order valence-electron chi connectivity index (χ3n) is 5.49. The zero-order valence-corrected chi connectivity index (χ0v) is 15.7. The number of benzene rings is 3. The van der Waals surface area contributed by atoms with Crippen molar-refractivity contribution in [3.05, 3.63) is 100 Å². The summed E-state index contributed by atoms with van der Waals surface area (Å²) in [7, 11) is 0. The Morgan fingerprint density at radius 1 is 0.778 bits per heavy atom. The lowest BCUT2D eigenvalue weighted by Crippen LogP contribution is -2.03. The quantitative estimate of drug-likeness (QED) is 0.622. The minimum Gasteiger partial charge on any atom is -0.507 e. The van der Waals surface area contributed by atoms with Crippen LogP contribution in [-0.2, 0) is 25.7 Å². The van der Waals surface area contributed by atoms with Crippen molar-refractivity contribution < 1.29 is 5.11 Å². The lowest BCUT2D eigenvalue weighted by atomic mass is 9.92. The number of aromatic hydroxyl groups is 1. The van der Waals surface area contributed by atoms with Gasteiger partial charge in [0.2, 0.25) is 0 Å². The molecule has 2 heteroatoms. The molecule has 27 heavy (non-hydrogen) atoms. The lowest BCUT2D eigenvalue weighted by molar-refractivity contribution is 0.466. The van der Waals surface area contributed by atoms with Gasteiger partial charge in [-0.3, -0.25) is 4.99 Å². The lowest BCUT2D eigenvalue weighted by Gasteiger charge is -2.15. The molecule has 3 aromatic carbocycles. The molecule has 3 aromatic rings. The molecule has 0 aromatic heterocycles. The Hall–Kier alpha value is -2.87. The molecule has 0 aliphatic heterocycles. The summed E-state index contributed by atoms with van der Waals surface area (Å²) in [4.78, 5) is 4.75. The minimum absolute atomic E-state index is 0.0628. The fraction of sp³-hybridized carbons (Fsp3) is 0.240. The predicted octanol–water partition coefficient (Wildman–Crippen LogP) is 5.46. The van der Waals surface area contributed by atoms with Crippen molar-refractivity contribution in [2.45, 2.75) is 38.6 Å². The Bertz CT molecular complexity index is 942. The van der Waals surface area contributed by atoms with Gasteiger partial charge in [-0.15, -0.1) is 0 Å². The van der Waals surface area contributed by atoms with Gasteiger partial charge in [0.05, 0.1) is 6.04 Å². The fourth-order valence-electron chi connectivity index (χ4n) is 3.69. The van der Waals surface area contributed by atoms with Crippen LogP contribution in [0.3, 0.4) is 0 Å². The highest BCUT2D eigenvalue weighted by atomic mass is 16.3. The first-order valence-corrected chi connectivity index (χ1v) is 9.70. The number of aryl methyl sites for hydroxylation is 4. The van der Waals surface area contributed by atoms with Crippen LogP contribution in [0.1, 0.15) is 46.3 Å². The van der Waals surface area contributed by atoms with Crippen molar-refractivity contribution in [2.24, 2.45) is 4.99 Å². The maximum Gasteiger partial charge on any atom is 0.127 e. The molecule has 4 bridgehead atoms. The van der Waals surface area contributed by atoms with E-state index in [1.165, 1.54) is 16.7 Å². The Labute approximate surface area is 161 Å². The number of nitrogens with zero attached hydrogens (tertiary/aromatic N) is 1. The van der Waals surface area contributed by atoms with Gasteiger partial charge in [0.1, 0.15) is 5.75 Å². The summed E-state index contributed by atoms with van der Waals surface area (Å²) in [6.07, 6.45) is 5.51. The molecule has 4 aliphatic carbocycles. The van der Waals surface area contributed by atoms with Crippen LogP contribution in [-0.4, -0.2) is 11.3 Å². The van der Waals surface area contributed by atoms with Crippen LogP contribution in [0.4, 0.5) is 0 Å². The van der Waals surface area contributed by atoms with Gasteiger partial charge in [0.25, 0.3) is 0 Å². The Morgan fingerprint density at radius 2 is 1.37 bits per heavy atom. The Balaban J connectivity index is 1.67. The van der Waals surface area contributed by atoms with Crippen molar-refractivity contribution >= 4 is 6.21 Å². The van der Waals surface area contributed by atoms with Crippen LogP contribution in [0.5, 0.6) is 5.75 Å². The molecular weight excluding hydrogens is 330 g/mol. The van der Waals surface area contributed by atoms with Crippen molar-refractivity contribution in [3.63, 3.8) is 0 Å².